The average Bonchev–Trinajstić information content (AvgIpc) is 2.83. The van der Waals surface area contributed by atoms with Crippen LogP contribution in [0.5, 0.6) is 0 Å². The summed E-state index contributed by atoms with van der Waals surface area (Å²) < 4.78 is 10.2. The Morgan fingerprint density at radius 1 is 1.06 bits per heavy atom. The molecule has 0 aliphatic carbocycles. The van der Waals surface area contributed by atoms with E-state index in [0.717, 1.165) is 19.3 Å². The van der Waals surface area contributed by atoms with Crippen molar-refractivity contribution in [2.45, 2.75) is 38.4 Å². The van der Waals surface area contributed by atoms with Crippen molar-refractivity contribution in [3.63, 3.8) is 0 Å². The molecule has 85 valence electrons. The largest absolute Gasteiger partial charge is 0.458 e. The van der Waals surface area contributed by atoms with Gasteiger partial charge >= 0.3 is 0 Å². The molecule has 1 radical (unpaired) electrons. The van der Waals surface area contributed by atoms with E-state index in [-0.39, 0.29) is 6.29 Å². The van der Waals surface area contributed by atoms with Crippen molar-refractivity contribution < 1.29 is 9.47 Å². The van der Waals surface area contributed by atoms with Crippen LogP contribution in [-0.2, 0) is 15.9 Å². The second kappa shape index (κ2) is 6.21. The Balaban J connectivity index is 1.52. The highest BCUT2D eigenvalue weighted by Crippen LogP contribution is 2.14. The lowest BCUT2D eigenvalue weighted by molar-refractivity contribution is -0.0347. The van der Waals surface area contributed by atoms with Gasteiger partial charge in [-0.1, -0.05) is 36.8 Å². The van der Waals surface area contributed by atoms with Gasteiger partial charge in [-0.3, -0.25) is 0 Å². The zero-order chi connectivity index (χ0) is 11.1. The monoisotopic (exact) mass is 217 g/mol. The Kier molecular flexibility index (Phi) is 4.29. The van der Waals surface area contributed by atoms with E-state index in [1.54, 1.807) is 0 Å². The topological polar surface area (TPSA) is 18.5 Å². The molecule has 2 heteroatoms. The number of unbranched alkanes of at least 4 members (excludes halogenated alkanes) is 2. The lowest BCUT2D eigenvalue weighted by Gasteiger charge is -2.08. The van der Waals surface area contributed by atoms with Crippen LogP contribution in [0.4, 0.5) is 0 Å². The van der Waals surface area contributed by atoms with Gasteiger partial charge < -0.3 is 9.47 Å². The molecule has 1 aliphatic rings. The summed E-state index contributed by atoms with van der Waals surface area (Å²) in [5, 5.41) is 0. The summed E-state index contributed by atoms with van der Waals surface area (Å²) in [6.45, 7) is 0. The SMILES string of the molecule is [C]1=COC(CCCCCc2ccccc2)O1. The molecule has 0 saturated heterocycles. The van der Waals surface area contributed by atoms with Crippen LogP contribution in [-0.4, -0.2) is 6.29 Å². The maximum absolute atomic E-state index is 5.16. The second-order valence-corrected chi connectivity index (χ2v) is 4.00. The highest BCUT2D eigenvalue weighted by molar-refractivity contribution is 5.14. The minimum atomic E-state index is -0.0864. The lowest BCUT2D eigenvalue weighted by atomic mass is 10.1. The van der Waals surface area contributed by atoms with Crippen LogP contribution < -0.4 is 0 Å². The molecule has 1 aromatic carbocycles. The maximum atomic E-state index is 5.16. The molecule has 16 heavy (non-hydrogen) atoms. The van der Waals surface area contributed by atoms with Crippen LogP contribution in [0.1, 0.15) is 31.2 Å². The fraction of sp³-hybridized carbons (Fsp3) is 0.429. The fourth-order valence-electron chi connectivity index (χ4n) is 1.82. The summed E-state index contributed by atoms with van der Waals surface area (Å²) in [7, 11) is 0. The highest BCUT2D eigenvalue weighted by Gasteiger charge is 2.11. The zero-order valence-corrected chi connectivity index (χ0v) is 9.39. The van der Waals surface area contributed by atoms with Crippen molar-refractivity contribution in [2.24, 2.45) is 0 Å². The molecule has 1 aromatic rings. The number of hydrogen-bond acceptors (Lipinski definition) is 2. The van der Waals surface area contributed by atoms with Crippen LogP contribution >= 0.6 is 0 Å². The minimum Gasteiger partial charge on any atom is -0.458 e. The van der Waals surface area contributed by atoms with E-state index in [4.69, 9.17) is 9.47 Å². The molecule has 2 rings (SSSR count). The van der Waals surface area contributed by atoms with Gasteiger partial charge in [0.25, 0.3) is 0 Å². The van der Waals surface area contributed by atoms with Crippen molar-refractivity contribution in [3.05, 3.63) is 48.4 Å². The first-order valence-corrected chi connectivity index (χ1v) is 5.87. The third-order valence-electron chi connectivity index (χ3n) is 2.72. The zero-order valence-electron chi connectivity index (χ0n) is 9.39. The summed E-state index contributed by atoms with van der Waals surface area (Å²) in [4.78, 5) is 0. The standard InChI is InChI=1S/C14H17O2/c1-3-7-13(8-4-1)9-5-2-6-10-14-15-11-12-16-14/h1,3-4,7-8,11,14H,2,5-6,9-10H2. The van der Waals surface area contributed by atoms with Gasteiger partial charge in [-0.15, -0.1) is 0 Å². The van der Waals surface area contributed by atoms with E-state index in [2.05, 4.69) is 36.6 Å². The Morgan fingerprint density at radius 3 is 2.69 bits per heavy atom. The van der Waals surface area contributed by atoms with Crippen molar-refractivity contribution in [1.82, 2.24) is 0 Å². The van der Waals surface area contributed by atoms with E-state index in [1.165, 1.54) is 24.7 Å². The average molecular weight is 217 g/mol. The molecule has 1 atom stereocenters. The molecule has 1 aliphatic heterocycles. The highest BCUT2D eigenvalue weighted by atomic mass is 16.7. The van der Waals surface area contributed by atoms with Crippen LogP contribution in [0.25, 0.3) is 0 Å². The first-order valence-electron chi connectivity index (χ1n) is 5.87. The second-order valence-electron chi connectivity index (χ2n) is 4.00. The van der Waals surface area contributed by atoms with Gasteiger partial charge in [-0.25, -0.2) is 0 Å². The van der Waals surface area contributed by atoms with E-state index in [9.17, 15) is 0 Å². The molecule has 1 unspecified atom stereocenters. The molecule has 0 spiro atoms. The third-order valence-corrected chi connectivity index (χ3v) is 2.72. The van der Waals surface area contributed by atoms with Crippen molar-refractivity contribution >= 4 is 0 Å². The molecular weight excluding hydrogens is 200 g/mol. The summed E-state index contributed by atoms with van der Waals surface area (Å²) >= 11 is 0. The third kappa shape index (κ3) is 3.61. The summed E-state index contributed by atoms with van der Waals surface area (Å²) in [6.07, 6.45) is 9.72. The number of ether oxygens (including phenoxy) is 2. The smallest absolute Gasteiger partial charge is 0.240 e. The van der Waals surface area contributed by atoms with Crippen molar-refractivity contribution in [3.8, 4) is 0 Å². The predicted octanol–water partition coefficient (Wildman–Crippen LogP) is 3.44. The Hall–Kier alpha value is -1.44. The first kappa shape index (κ1) is 11.1. The van der Waals surface area contributed by atoms with Gasteiger partial charge in [0.2, 0.25) is 12.6 Å². The number of aryl methyl sites for hydroxylation is 1. The molecule has 1 heterocycles. The molecule has 0 aromatic heterocycles. The van der Waals surface area contributed by atoms with Crippen LogP contribution in [0.2, 0.25) is 0 Å². The summed E-state index contributed by atoms with van der Waals surface area (Å²) in [5.74, 6) is 0. The minimum absolute atomic E-state index is 0.0864. The van der Waals surface area contributed by atoms with E-state index in [0.29, 0.717) is 0 Å². The van der Waals surface area contributed by atoms with Crippen molar-refractivity contribution in [2.75, 3.05) is 0 Å². The molecule has 2 nitrogen and oxygen atoms in total. The van der Waals surface area contributed by atoms with Gasteiger partial charge in [0.15, 0.2) is 0 Å². The quantitative estimate of drug-likeness (QED) is 0.679. The van der Waals surface area contributed by atoms with E-state index >= 15 is 0 Å². The van der Waals surface area contributed by atoms with Gasteiger partial charge in [0, 0.05) is 6.42 Å². The van der Waals surface area contributed by atoms with Gasteiger partial charge in [0.1, 0.15) is 6.26 Å². The molecule has 0 bridgehead atoms. The molecular formula is C14H17O2. The van der Waals surface area contributed by atoms with Gasteiger partial charge in [0.05, 0.1) is 0 Å². The van der Waals surface area contributed by atoms with E-state index in [1.807, 2.05) is 0 Å². The Morgan fingerprint density at radius 2 is 1.94 bits per heavy atom. The number of hydrogen-bond donors (Lipinski definition) is 0. The summed E-state index contributed by atoms with van der Waals surface area (Å²) in [6, 6.07) is 10.6. The maximum Gasteiger partial charge on any atom is 0.240 e. The molecule has 0 saturated carbocycles. The molecule has 0 N–H and O–H groups in total. The Labute approximate surface area is 96.9 Å². The fourth-order valence-corrected chi connectivity index (χ4v) is 1.82. The molecule has 0 amide bonds. The van der Waals surface area contributed by atoms with Crippen LogP contribution in [0.3, 0.4) is 0 Å². The molecule has 0 fully saturated rings. The van der Waals surface area contributed by atoms with E-state index < -0.39 is 0 Å². The van der Waals surface area contributed by atoms with Crippen LogP contribution in [0.15, 0.2) is 36.6 Å². The Bertz CT molecular complexity index is 311. The number of rotatable bonds is 6. The number of benzene rings is 1. The lowest BCUT2D eigenvalue weighted by Crippen LogP contribution is -2.06. The first-order chi connectivity index (χ1) is 7.95. The predicted molar refractivity (Wildman–Crippen MR) is 62.4 cm³/mol. The normalized spacial score (nSPS) is 14.8. The van der Waals surface area contributed by atoms with Gasteiger partial charge in [-0.05, 0) is 24.8 Å². The summed E-state index contributed by atoms with van der Waals surface area (Å²) in [5.41, 5.74) is 1.42. The van der Waals surface area contributed by atoms with Crippen LogP contribution in [0, 0.1) is 6.26 Å². The van der Waals surface area contributed by atoms with Gasteiger partial charge in [-0.2, -0.15) is 0 Å². The van der Waals surface area contributed by atoms with Crippen molar-refractivity contribution in [1.29, 1.82) is 0 Å².